The number of amides is 4. The first kappa shape index (κ1) is 92.6. The molecule has 12 N–H and O–H groups in total. The summed E-state index contributed by atoms with van der Waals surface area (Å²) in [6.07, 6.45) is 6.48. The number of nitrogens with two attached hydrogens (primary N) is 3. The van der Waals surface area contributed by atoms with Crippen molar-refractivity contribution in [2.45, 2.75) is 77.4 Å². The minimum absolute atomic E-state index is 0.0561. The standard InChI is InChI=1S/C28H31FN2O.2C27H30FN3O.C25H25F2N3O/c1-19-3-7-22(8-4-19)24-14-25(23-9-11-27(29)12-10-23)16-26(15-24)28(32)31-18-21-6-5-20(13-21)17-30-2;2*1-18-3-5-20(6-4-18)22-12-23(21-7-9-25(28)10-8-21)14-24(13-22)27(32)30-16-26-11-19(15-29)17-31(26)2;26-22-5-1-17(2-6-22)19-10-20(18-3-7-23(27)8-4-18)12-21(11-19)25(31)30-15-16-9-24(13-28)29-14-16/h3-4,7-12,14-16,20-21,30H,5-6,13,17-18H2,1-2H3,(H,31,32);2*3-10,12-14,19,26H,11,15-17,29H2,1-2H3,(H,30,32);1-8,10-12,16,24,29H,9,13-15,28H2,(H,30,31)/t20-,21+;2*19-,26-;16-,24+/m1001/s1. The van der Waals surface area contributed by atoms with Crippen LogP contribution in [0.4, 0.5) is 22.0 Å². The van der Waals surface area contributed by atoms with Crippen LogP contribution in [0, 0.1) is 79.4 Å². The number of nitrogens with zero attached hydrogens (tertiary/aromatic N) is 2. The predicted molar refractivity (Wildman–Crippen MR) is 503 cm³/mol. The molecule has 4 fully saturated rings. The van der Waals surface area contributed by atoms with Crippen LogP contribution in [0.2, 0.25) is 0 Å². The molecule has 8 atom stereocenters. The lowest BCUT2D eigenvalue weighted by Crippen LogP contribution is -2.38. The highest BCUT2D eigenvalue weighted by atomic mass is 19.1. The molecule has 0 spiro atoms. The Hall–Kier alpha value is -12.1. The summed E-state index contributed by atoms with van der Waals surface area (Å²) in [5.41, 5.74) is 37.7. The number of hydrogen-bond donors (Lipinski definition) is 9. The minimum Gasteiger partial charge on any atom is -0.352 e. The van der Waals surface area contributed by atoms with Crippen molar-refractivity contribution in [2.75, 3.05) is 93.1 Å². The van der Waals surface area contributed by atoms with E-state index >= 15 is 0 Å². The molecule has 127 heavy (non-hydrogen) atoms. The summed E-state index contributed by atoms with van der Waals surface area (Å²) in [6, 6.07) is 80.2. The molecule has 4 amide bonds. The third kappa shape index (κ3) is 25.8. The van der Waals surface area contributed by atoms with Crippen LogP contribution in [0.25, 0.3) is 89.0 Å². The average molecular weight is 1720 g/mol. The molecule has 12 aromatic rings. The van der Waals surface area contributed by atoms with Gasteiger partial charge in [0, 0.05) is 92.7 Å². The smallest absolute Gasteiger partial charge is 0.251 e. The number of aryl methyl sites for hydroxylation is 3. The van der Waals surface area contributed by atoms with Gasteiger partial charge in [-0.2, -0.15) is 0 Å². The second kappa shape index (κ2) is 44.4. The summed E-state index contributed by atoms with van der Waals surface area (Å²) in [7, 11) is 6.16. The van der Waals surface area contributed by atoms with Crippen molar-refractivity contribution in [3.8, 4) is 89.0 Å². The maximum absolute atomic E-state index is 13.4. The molecule has 3 heterocycles. The highest BCUT2D eigenvalue weighted by molar-refractivity contribution is 6.00. The van der Waals surface area contributed by atoms with Gasteiger partial charge in [-0.3, -0.25) is 19.2 Å². The van der Waals surface area contributed by atoms with Crippen LogP contribution in [-0.4, -0.2) is 145 Å². The van der Waals surface area contributed by atoms with E-state index in [0.717, 1.165) is 147 Å². The number of benzene rings is 12. The van der Waals surface area contributed by atoms with Crippen LogP contribution in [0.15, 0.2) is 267 Å². The van der Waals surface area contributed by atoms with Gasteiger partial charge in [0.1, 0.15) is 29.1 Å². The third-order valence-electron chi connectivity index (χ3n) is 24.9. The molecule has 12 aromatic carbocycles. The number of likely N-dealkylation sites (N-methyl/N-ethyl adjacent to an activating group) is 2. The molecule has 20 heteroatoms. The van der Waals surface area contributed by atoms with E-state index in [1.807, 2.05) is 75.5 Å². The topological polar surface area (TPSA) is 225 Å². The van der Waals surface area contributed by atoms with Crippen LogP contribution in [0.3, 0.4) is 0 Å². The number of carbonyl (C=O) groups is 4. The molecule has 0 radical (unpaired) electrons. The van der Waals surface area contributed by atoms with E-state index in [-0.39, 0.29) is 52.7 Å². The summed E-state index contributed by atoms with van der Waals surface area (Å²) in [6.45, 7) is 14.4. The van der Waals surface area contributed by atoms with Crippen molar-refractivity contribution < 1.29 is 41.1 Å². The first-order valence-corrected chi connectivity index (χ1v) is 44.0. The fourth-order valence-corrected chi connectivity index (χ4v) is 17.4. The number of halogens is 5. The number of carbonyl (C=O) groups excluding carboxylic acids is 4. The van der Waals surface area contributed by atoms with E-state index in [9.17, 15) is 41.1 Å². The quantitative estimate of drug-likeness (QED) is 0.0245. The zero-order valence-corrected chi connectivity index (χ0v) is 73.2. The van der Waals surface area contributed by atoms with Crippen LogP contribution in [-0.2, 0) is 0 Å². The van der Waals surface area contributed by atoms with Crippen LogP contribution in [0.5, 0.6) is 0 Å². The van der Waals surface area contributed by atoms with Crippen molar-refractivity contribution in [3.05, 3.63) is 335 Å². The van der Waals surface area contributed by atoms with E-state index in [4.69, 9.17) is 17.2 Å². The first-order chi connectivity index (χ1) is 61.4. The summed E-state index contributed by atoms with van der Waals surface area (Å²) in [5, 5.41) is 19.0. The molecular formula is C107H116F5N11O4. The molecule has 3 saturated heterocycles. The zero-order chi connectivity index (χ0) is 89.6. The molecule has 0 unspecified atom stereocenters. The third-order valence-corrected chi connectivity index (χ3v) is 24.9. The van der Waals surface area contributed by atoms with Crippen molar-refractivity contribution in [1.29, 1.82) is 0 Å². The summed E-state index contributed by atoms with van der Waals surface area (Å²) >= 11 is 0. The van der Waals surface area contributed by atoms with E-state index in [2.05, 4.69) is 142 Å². The van der Waals surface area contributed by atoms with Crippen molar-refractivity contribution in [3.63, 3.8) is 0 Å². The monoisotopic (exact) mass is 1710 g/mol. The highest BCUT2D eigenvalue weighted by Crippen LogP contribution is 2.36. The van der Waals surface area contributed by atoms with Crippen molar-refractivity contribution in [1.82, 2.24) is 41.7 Å². The summed E-state index contributed by atoms with van der Waals surface area (Å²) < 4.78 is 67.1. The molecule has 0 bridgehead atoms. The highest BCUT2D eigenvalue weighted by Gasteiger charge is 2.32. The molecule has 16 rings (SSSR count). The van der Waals surface area contributed by atoms with E-state index in [0.29, 0.717) is 116 Å². The van der Waals surface area contributed by atoms with E-state index in [1.54, 1.807) is 72.8 Å². The van der Waals surface area contributed by atoms with Crippen LogP contribution >= 0.6 is 0 Å². The van der Waals surface area contributed by atoms with E-state index in [1.165, 1.54) is 83.8 Å². The summed E-state index contributed by atoms with van der Waals surface area (Å²) in [4.78, 5) is 56.8. The Morgan fingerprint density at radius 1 is 0.307 bits per heavy atom. The number of hydrogen-bond acceptors (Lipinski definition) is 11. The molecule has 1 saturated carbocycles. The SMILES string of the molecule is CNC[C@@H]1CC[C@H](CNC(=O)c2cc(-c3ccc(C)cc3)cc(-c3ccc(F)cc3)c2)C1.Cc1ccc(-c2cc(C(=O)NC[C@@H]3C[C@@H](CN)CN3C)cc(-c3ccc(F)cc3)c2)cc1.Cc1ccc(-c2cc(C(=O)NC[C@@H]3C[C@@H](CN)CN3C)cc(-c3ccc(F)cc3)c2)cc1.NC[C@@H]1C[C@@H](CNC(=O)c2cc(-c3ccc(F)cc3)cc(-c3ccc(F)cc3)c2)CN1. The Kier molecular flexibility index (Phi) is 32.3. The molecule has 4 aliphatic rings. The van der Waals surface area contributed by atoms with Gasteiger partial charge in [-0.25, -0.2) is 22.0 Å². The average Bonchev–Trinajstić information content (AvgIpc) is 1.20. The molecular weight excluding hydrogens is 1600 g/mol. The van der Waals surface area contributed by atoms with Gasteiger partial charge >= 0.3 is 0 Å². The Morgan fingerprint density at radius 3 is 0.787 bits per heavy atom. The van der Waals surface area contributed by atoms with Gasteiger partial charge in [0.05, 0.1) is 0 Å². The first-order valence-electron chi connectivity index (χ1n) is 44.0. The fraction of sp³-hybridized carbons (Fsp3) is 0.290. The second-order valence-corrected chi connectivity index (χ2v) is 34.6. The normalized spacial score (nSPS) is 18.3. The van der Waals surface area contributed by atoms with Crippen molar-refractivity contribution >= 4 is 23.6 Å². The largest absolute Gasteiger partial charge is 0.352 e. The number of nitrogens with one attached hydrogen (secondary N) is 6. The second-order valence-electron chi connectivity index (χ2n) is 34.6. The Morgan fingerprint density at radius 2 is 0.551 bits per heavy atom. The lowest BCUT2D eigenvalue weighted by molar-refractivity contribution is 0.0935. The minimum atomic E-state index is -0.322. The fourth-order valence-electron chi connectivity index (χ4n) is 17.4. The maximum Gasteiger partial charge on any atom is 0.251 e. The number of rotatable bonds is 25. The zero-order valence-electron chi connectivity index (χ0n) is 73.2. The predicted octanol–water partition coefficient (Wildman–Crippen LogP) is 18.8. The Balaban J connectivity index is 0.000000145. The summed E-state index contributed by atoms with van der Waals surface area (Å²) in [5.74, 6) is 0.635. The van der Waals surface area contributed by atoms with Crippen molar-refractivity contribution in [2.24, 2.45) is 46.8 Å². The van der Waals surface area contributed by atoms with Gasteiger partial charge in [0.2, 0.25) is 0 Å². The van der Waals surface area contributed by atoms with Gasteiger partial charge in [-0.05, 0) is 352 Å². The maximum atomic E-state index is 13.4. The van der Waals surface area contributed by atoms with Gasteiger partial charge in [-0.15, -0.1) is 0 Å². The number of likely N-dealkylation sites (tertiary alicyclic amines) is 2. The lowest BCUT2D eigenvalue weighted by atomic mass is 9.95. The van der Waals surface area contributed by atoms with Gasteiger partial charge in [0.15, 0.2) is 0 Å². The van der Waals surface area contributed by atoms with Crippen LogP contribution < -0.4 is 49.1 Å². The molecule has 3 aliphatic heterocycles. The Bertz CT molecular complexity index is 5240. The lowest BCUT2D eigenvalue weighted by Gasteiger charge is -2.20. The van der Waals surface area contributed by atoms with Gasteiger partial charge < -0.3 is 58.9 Å². The van der Waals surface area contributed by atoms with Gasteiger partial charge in [-0.1, -0.05) is 150 Å². The molecule has 1 aliphatic carbocycles. The molecule has 15 nitrogen and oxygen atoms in total. The van der Waals surface area contributed by atoms with Gasteiger partial charge in [0.25, 0.3) is 23.6 Å². The Labute approximate surface area is 743 Å². The van der Waals surface area contributed by atoms with Crippen LogP contribution in [0.1, 0.15) is 96.6 Å². The van der Waals surface area contributed by atoms with E-state index < -0.39 is 0 Å². The molecule has 658 valence electrons. The molecule has 0 aromatic heterocycles.